The maximum absolute atomic E-state index is 12.2. The molecule has 2 aliphatic rings. The van der Waals surface area contributed by atoms with Gasteiger partial charge < -0.3 is 5.32 Å². The monoisotopic (exact) mass is 370 g/mol. The van der Waals surface area contributed by atoms with Gasteiger partial charge in [0.25, 0.3) is 0 Å². The highest BCUT2D eigenvalue weighted by atomic mass is 35.5. The van der Waals surface area contributed by atoms with Crippen molar-refractivity contribution in [3.8, 4) is 0 Å². The highest BCUT2D eigenvalue weighted by molar-refractivity contribution is 7.91. The lowest BCUT2D eigenvalue weighted by atomic mass is 10.0. The predicted octanol–water partition coefficient (Wildman–Crippen LogP) is 1.86. The van der Waals surface area contributed by atoms with Crippen LogP contribution in [-0.4, -0.2) is 49.9 Å². The Bertz CT molecular complexity index is 682. The third-order valence-electron chi connectivity index (χ3n) is 4.86. The second-order valence-corrected chi connectivity index (χ2v) is 9.45. The van der Waals surface area contributed by atoms with Gasteiger partial charge in [0.15, 0.2) is 9.84 Å². The first kappa shape index (κ1) is 17.7. The third kappa shape index (κ3) is 4.71. The second-order valence-electron chi connectivity index (χ2n) is 6.79. The van der Waals surface area contributed by atoms with Crippen LogP contribution in [0.2, 0.25) is 5.02 Å². The summed E-state index contributed by atoms with van der Waals surface area (Å²) < 4.78 is 23.0. The molecule has 1 aromatic carbocycles. The van der Waals surface area contributed by atoms with E-state index in [1.807, 2.05) is 24.3 Å². The van der Waals surface area contributed by atoms with Gasteiger partial charge in [0.2, 0.25) is 5.91 Å². The van der Waals surface area contributed by atoms with Crippen LogP contribution in [0.3, 0.4) is 0 Å². The minimum Gasteiger partial charge on any atom is -0.353 e. The molecule has 0 spiro atoms. The molecule has 1 N–H and O–H groups in total. The van der Waals surface area contributed by atoms with E-state index in [0.29, 0.717) is 6.42 Å². The standard InChI is InChI=1S/C17H23ClN2O3S/c18-15-3-1-13(2-4-15)11-20-8-5-16(6-9-20)19-17(21)14-7-10-24(22,23)12-14/h1-4,14,16H,5-12H2,(H,19,21)/t14-/m1/s1. The molecule has 0 bridgehead atoms. The molecule has 1 aromatic rings. The van der Waals surface area contributed by atoms with Crippen LogP contribution < -0.4 is 5.32 Å². The maximum atomic E-state index is 12.2. The zero-order chi connectivity index (χ0) is 17.2. The molecule has 0 saturated carbocycles. The van der Waals surface area contributed by atoms with Crippen LogP contribution in [0.25, 0.3) is 0 Å². The van der Waals surface area contributed by atoms with Crippen LogP contribution in [0.5, 0.6) is 0 Å². The number of rotatable bonds is 4. The molecule has 0 radical (unpaired) electrons. The number of nitrogens with one attached hydrogen (secondary N) is 1. The maximum Gasteiger partial charge on any atom is 0.224 e. The predicted molar refractivity (Wildman–Crippen MR) is 94.7 cm³/mol. The molecule has 24 heavy (non-hydrogen) atoms. The van der Waals surface area contributed by atoms with E-state index < -0.39 is 9.84 Å². The van der Waals surface area contributed by atoms with Gasteiger partial charge in [-0.2, -0.15) is 0 Å². The molecule has 1 atom stereocenters. The SMILES string of the molecule is O=C(NC1CCN(Cc2ccc(Cl)cc2)CC1)[C@@H]1CCS(=O)(=O)C1. The van der Waals surface area contributed by atoms with E-state index >= 15 is 0 Å². The van der Waals surface area contributed by atoms with Gasteiger partial charge in [0.1, 0.15) is 0 Å². The molecular formula is C17H23ClN2O3S. The zero-order valence-electron chi connectivity index (χ0n) is 13.6. The van der Waals surface area contributed by atoms with E-state index in [2.05, 4.69) is 10.2 Å². The molecule has 132 valence electrons. The van der Waals surface area contributed by atoms with E-state index in [4.69, 9.17) is 11.6 Å². The van der Waals surface area contributed by atoms with E-state index in [9.17, 15) is 13.2 Å². The van der Waals surface area contributed by atoms with Gasteiger partial charge in [-0.15, -0.1) is 0 Å². The molecule has 5 nitrogen and oxygen atoms in total. The van der Waals surface area contributed by atoms with E-state index in [0.717, 1.165) is 37.5 Å². The first-order valence-electron chi connectivity index (χ1n) is 8.39. The van der Waals surface area contributed by atoms with Gasteiger partial charge in [-0.3, -0.25) is 9.69 Å². The molecule has 0 aliphatic carbocycles. The van der Waals surface area contributed by atoms with Gasteiger partial charge in [0.05, 0.1) is 17.4 Å². The Balaban J connectivity index is 1.43. The fourth-order valence-corrected chi connectivity index (χ4v) is 5.27. The van der Waals surface area contributed by atoms with Crippen LogP contribution >= 0.6 is 11.6 Å². The Kier molecular flexibility index (Phi) is 5.47. The van der Waals surface area contributed by atoms with Gasteiger partial charge in [-0.1, -0.05) is 23.7 Å². The fourth-order valence-electron chi connectivity index (χ4n) is 3.40. The topological polar surface area (TPSA) is 66.5 Å². The molecule has 2 aliphatic heterocycles. The summed E-state index contributed by atoms with van der Waals surface area (Å²) in [5.41, 5.74) is 1.23. The molecule has 3 rings (SSSR count). The Morgan fingerprint density at radius 3 is 2.42 bits per heavy atom. The van der Waals surface area contributed by atoms with Crippen molar-refractivity contribution in [1.29, 1.82) is 0 Å². The highest BCUT2D eigenvalue weighted by Gasteiger charge is 2.34. The molecule has 2 heterocycles. The lowest BCUT2D eigenvalue weighted by Gasteiger charge is -2.32. The minimum absolute atomic E-state index is 0.00818. The van der Waals surface area contributed by atoms with Crippen LogP contribution in [-0.2, 0) is 21.2 Å². The lowest BCUT2D eigenvalue weighted by molar-refractivity contribution is -0.125. The minimum atomic E-state index is -3.01. The van der Waals surface area contributed by atoms with Crippen molar-refractivity contribution in [3.63, 3.8) is 0 Å². The number of carbonyl (C=O) groups excluding carboxylic acids is 1. The van der Waals surface area contributed by atoms with Crippen LogP contribution in [0, 0.1) is 5.92 Å². The van der Waals surface area contributed by atoms with Gasteiger partial charge >= 0.3 is 0 Å². The van der Waals surface area contributed by atoms with Crippen molar-refractivity contribution in [2.45, 2.75) is 31.8 Å². The summed E-state index contributed by atoms with van der Waals surface area (Å²) >= 11 is 5.90. The highest BCUT2D eigenvalue weighted by Crippen LogP contribution is 2.20. The van der Waals surface area contributed by atoms with Crippen LogP contribution in [0.1, 0.15) is 24.8 Å². The summed E-state index contributed by atoms with van der Waals surface area (Å²) in [4.78, 5) is 14.6. The van der Waals surface area contributed by atoms with Gasteiger partial charge in [0, 0.05) is 30.7 Å². The fraction of sp³-hybridized carbons (Fsp3) is 0.588. The molecule has 2 fully saturated rings. The molecule has 0 unspecified atom stereocenters. The lowest BCUT2D eigenvalue weighted by Crippen LogP contribution is -2.46. The largest absolute Gasteiger partial charge is 0.353 e. The number of carbonyl (C=O) groups is 1. The van der Waals surface area contributed by atoms with Crippen molar-refractivity contribution in [3.05, 3.63) is 34.9 Å². The molecule has 1 amide bonds. The summed E-state index contributed by atoms with van der Waals surface area (Å²) in [6.45, 7) is 2.74. The number of nitrogens with zero attached hydrogens (tertiary/aromatic N) is 1. The summed E-state index contributed by atoms with van der Waals surface area (Å²) in [6, 6.07) is 8.04. The van der Waals surface area contributed by atoms with Crippen molar-refractivity contribution >= 4 is 27.3 Å². The summed E-state index contributed by atoms with van der Waals surface area (Å²) in [5.74, 6) is -0.298. The number of likely N-dealkylation sites (tertiary alicyclic amines) is 1. The van der Waals surface area contributed by atoms with E-state index in [-0.39, 0.29) is 29.4 Å². The van der Waals surface area contributed by atoms with Gasteiger partial charge in [-0.05, 0) is 37.0 Å². The summed E-state index contributed by atoms with van der Waals surface area (Å²) in [6.07, 6.45) is 2.27. The number of benzene rings is 1. The average Bonchev–Trinajstić information content (AvgIpc) is 2.92. The average molecular weight is 371 g/mol. The first-order chi connectivity index (χ1) is 11.4. The summed E-state index contributed by atoms with van der Waals surface area (Å²) in [5, 5.41) is 3.79. The normalized spacial score (nSPS) is 24.8. The van der Waals surface area contributed by atoms with E-state index in [1.54, 1.807) is 0 Å². The quantitative estimate of drug-likeness (QED) is 0.878. The van der Waals surface area contributed by atoms with Gasteiger partial charge in [-0.25, -0.2) is 8.42 Å². The van der Waals surface area contributed by atoms with Crippen LogP contribution in [0.4, 0.5) is 0 Å². The first-order valence-corrected chi connectivity index (χ1v) is 10.6. The molecule has 0 aromatic heterocycles. The Morgan fingerprint density at radius 2 is 1.83 bits per heavy atom. The van der Waals surface area contributed by atoms with Crippen molar-refractivity contribution < 1.29 is 13.2 Å². The van der Waals surface area contributed by atoms with E-state index in [1.165, 1.54) is 5.56 Å². The Morgan fingerprint density at radius 1 is 1.17 bits per heavy atom. The smallest absolute Gasteiger partial charge is 0.224 e. The second kappa shape index (κ2) is 7.42. The molecule has 7 heteroatoms. The van der Waals surface area contributed by atoms with Crippen molar-refractivity contribution in [2.24, 2.45) is 5.92 Å². The van der Waals surface area contributed by atoms with Crippen LogP contribution in [0.15, 0.2) is 24.3 Å². The molecular weight excluding hydrogens is 348 g/mol. The Labute approximate surface area is 148 Å². The number of piperidine rings is 1. The number of hydrogen-bond donors (Lipinski definition) is 1. The zero-order valence-corrected chi connectivity index (χ0v) is 15.2. The van der Waals surface area contributed by atoms with Crippen molar-refractivity contribution in [1.82, 2.24) is 10.2 Å². The van der Waals surface area contributed by atoms with Crippen molar-refractivity contribution in [2.75, 3.05) is 24.6 Å². The number of sulfone groups is 1. The molecule has 2 saturated heterocycles. The Hall–Kier alpha value is -1.11. The third-order valence-corrected chi connectivity index (χ3v) is 6.88. The number of hydrogen-bond acceptors (Lipinski definition) is 4. The number of amides is 1. The summed E-state index contributed by atoms with van der Waals surface area (Å²) in [7, 11) is -3.01. The number of halogens is 1.